The van der Waals surface area contributed by atoms with Gasteiger partial charge in [0.25, 0.3) is 0 Å². The Balaban J connectivity index is 4.57. The molecule has 0 aliphatic carbocycles. The molecule has 0 saturated heterocycles. The van der Waals surface area contributed by atoms with Gasteiger partial charge in [-0.25, -0.2) is 9.59 Å². The van der Waals surface area contributed by atoms with Gasteiger partial charge in [0.1, 0.15) is 6.04 Å². The number of rotatable bonds is 7. The summed E-state index contributed by atoms with van der Waals surface area (Å²) in [7, 11) is 1.54. The fourth-order valence-corrected chi connectivity index (χ4v) is 1.33. The van der Waals surface area contributed by atoms with Crippen LogP contribution >= 0.6 is 0 Å². The molecule has 0 aliphatic rings. The molecule has 0 aliphatic heterocycles. The van der Waals surface area contributed by atoms with Gasteiger partial charge in [-0.05, 0) is 13.8 Å². The number of urea groups is 1. The summed E-state index contributed by atoms with van der Waals surface area (Å²) in [5.41, 5.74) is 0. The van der Waals surface area contributed by atoms with Gasteiger partial charge in [-0.1, -0.05) is 0 Å². The summed E-state index contributed by atoms with van der Waals surface area (Å²) in [4.78, 5) is 24.3. The zero-order valence-electron chi connectivity index (χ0n) is 11.0. The smallest absolute Gasteiger partial charge is 0.327 e. The van der Waals surface area contributed by atoms with E-state index in [0.717, 1.165) is 0 Å². The van der Waals surface area contributed by atoms with Crippen LogP contribution in [0.25, 0.3) is 0 Å². The molecule has 0 radical (unpaired) electrons. The summed E-state index contributed by atoms with van der Waals surface area (Å²) >= 11 is 0. The molecule has 0 spiro atoms. The minimum atomic E-state index is -1.14. The molecule has 0 fully saturated rings. The first-order chi connectivity index (χ1) is 8.43. The van der Waals surface area contributed by atoms with E-state index in [1.54, 1.807) is 0 Å². The van der Waals surface area contributed by atoms with Gasteiger partial charge in [-0.2, -0.15) is 0 Å². The second kappa shape index (κ2) is 8.37. The van der Waals surface area contributed by atoms with E-state index in [-0.39, 0.29) is 12.5 Å². The van der Waals surface area contributed by atoms with Gasteiger partial charge in [0.2, 0.25) is 0 Å². The van der Waals surface area contributed by atoms with Crippen molar-refractivity contribution in [1.82, 2.24) is 10.2 Å². The predicted molar refractivity (Wildman–Crippen MR) is 67.1 cm³/mol. The molecular weight excluding hydrogens is 236 g/mol. The van der Waals surface area contributed by atoms with Crippen LogP contribution in [0.5, 0.6) is 0 Å². The molecule has 1 atom stereocenters. The molecule has 1 unspecified atom stereocenters. The average Bonchev–Trinajstić information content (AvgIpc) is 2.28. The molecule has 2 N–H and O–H groups in total. The van der Waals surface area contributed by atoms with E-state index < -0.39 is 18.0 Å². The van der Waals surface area contributed by atoms with Crippen LogP contribution < -0.4 is 5.32 Å². The van der Waals surface area contributed by atoms with Crippen molar-refractivity contribution in [3.63, 3.8) is 0 Å². The zero-order chi connectivity index (χ0) is 14.1. The number of methoxy groups -OCH3 is 1. The van der Waals surface area contributed by atoms with Crippen molar-refractivity contribution >= 4 is 12.0 Å². The number of carbonyl (C=O) groups is 2. The number of amides is 2. The van der Waals surface area contributed by atoms with E-state index >= 15 is 0 Å². The number of ether oxygens (including phenoxy) is 1. The average molecular weight is 256 g/mol. The Kier molecular flexibility index (Phi) is 7.56. The van der Waals surface area contributed by atoms with Crippen LogP contribution in [0.15, 0.2) is 0 Å². The Hall–Kier alpha value is -1.74. The molecule has 6 nitrogen and oxygen atoms in total. The maximum Gasteiger partial charge on any atom is 0.327 e. The Morgan fingerprint density at radius 3 is 2.50 bits per heavy atom. The van der Waals surface area contributed by atoms with Crippen LogP contribution in [-0.4, -0.2) is 54.4 Å². The van der Waals surface area contributed by atoms with Crippen molar-refractivity contribution in [3.8, 4) is 12.3 Å². The minimum Gasteiger partial charge on any atom is -0.480 e. The van der Waals surface area contributed by atoms with Gasteiger partial charge in [-0.15, -0.1) is 12.3 Å². The lowest BCUT2D eigenvalue weighted by Crippen LogP contribution is -2.50. The second-order valence-corrected chi connectivity index (χ2v) is 4.03. The molecule has 6 heteroatoms. The van der Waals surface area contributed by atoms with Crippen molar-refractivity contribution in [2.75, 3.05) is 20.3 Å². The number of nitrogens with zero attached hydrogens (tertiary/aromatic N) is 1. The molecule has 0 aromatic heterocycles. The molecular formula is C12H20N2O4. The highest BCUT2D eigenvalue weighted by molar-refractivity contribution is 5.82. The maximum absolute atomic E-state index is 11.9. The normalized spacial score (nSPS) is 11.7. The summed E-state index contributed by atoms with van der Waals surface area (Å²) < 4.78 is 4.90. The van der Waals surface area contributed by atoms with Gasteiger partial charge in [-0.3, -0.25) is 0 Å². The van der Waals surface area contributed by atoms with E-state index in [4.69, 9.17) is 16.3 Å². The highest BCUT2D eigenvalue weighted by Crippen LogP contribution is 2.01. The number of nitrogens with one attached hydrogen (secondary N) is 1. The Labute approximate surface area is 107 Å². The molecule has 0 heterocycles. The topological polar surface area (TPSA) is 78.9 Å². The van der Waals surface area contributed by atoms with Gasteiger partial charge in [0, 0.05) is 26.1 Å². The van der Waals surface area contributed by atoms with Crippen LogP contribution in [0.4, 0.5) is 4.79 Å². The van der Waals surface area contributed by atoms with Crippen LogP contribution in [0.2, 0.25) is 0 Å². The van der Waals surface area contributed by atoms with Crippen LogP contribution in [0, 0.1) is 12.3 Å². The number of carboxylic acid groups (broad SMARTS) is 1. The van der Waals surface area contributed by atoms with E-state index in [1.165, 1.54) is 12.0 Å². The lowest BCUT2D eigenvalue weighted by Gasteiger charge is -2.27. The summed E-state index contributed by atoms with van der Waals surface area (Å²) in [5.74, 6) is 1.09. The van der Waals surface area contributed by atoms with Gasteiger partial charge in [0.15, 0.2) is 0 Å². The number of aliphatic carboxylic acids is 1. The maximum atomic E-state index is 11.9. The third-order valence-electron chi connectivity index (χ3n) is 2.34. The number of hydrogen-bond donors (Lipinski definition) is 2. The van der Waals surface area contributed by atoms with Crippen molar-refractivity contribution in [2.45, 2.75) is 32.4 Å². The zero-order valence-corrected chi connectivity index (χ0v) is 11.0. The highest BCUT2D eigenvalue weighted by Gasteiger charge is 2.23. The van der Waals surface area contributed by atoms with Gasteiger partial charge >= 0.3 is 12.0 Å². The van der Waals surface area contributed by atoms with Crippen molar-refractivity contribution in [2.24, 2.45) is 0 Å². The second-order valence-electron chi connectivity index (χ2n) is 4.03. The molecule has 18 heavy (non-hydrogen) atoms. The van der Waals surface area contributed by atoms with E-state index in [2.05, 4.69) is 11.2 Å². The minimum absolute atomic E-state index is 0.0444. The summed E-state index contributed by atoms with van der Waals surface area (Å²) in [6.45, 7) is 4.46. The number of terminal acetylenes is 1. The monoisotopic (exact) mass is 256 g/mol. The van der Waals surface area contributed by atoms with Crippen LogP contribution in [0.1, 0.15) is 20.3 Å². The summed E-state index contributed by atoms with van der Waals surface area (Å²) in [6.07, 6.45) is 5.02. The Morgan fingerprint density at radius 2 is 2.11 bits per heavy atom. The first-order valence-electron chi connectivity index (χ1n) is 5.66. The lowest BCUT2D eigenvalue weighted by atomic mass is 10.2. The van der Waals surface area contributed by atoms with Crippen LogP contribution in [0.3, 0.4) is 0 Å². The predicted octanol–water partition coefficient (Wildman–Crippen LogP) is 0.529. The largest absolute Gasteiger partial charge is 0.480 e. The first-order valence-corrected chi connectivity index (χ1v) is 5.66. The molecule has 0 rings (SSSR count). The molecule has 0 saturated carbocycles. The fraction of sp³-hybridized carbons (Fsp3) is 0.667. The Morgan fingerprint density at radius 1 is 1.50 bits per heavy atom. The van der Waals surface area contributed by atoms with Gasteiger partial charge in [0.05, 0.1) is 6.61 Å². The highest BCUT2D eigenvalue weighted by atomic mass is 16.5. The van der Waals surface area contributed by atoms with E-state index in [9.17, 15) is 9.59 Å². The third kappa shape index (κ3) is 5.55. The summed E-state index contributed by atoms with van der Waals surface area (Å²) in [6, 6.07) is -1.57. The molecule has 0 aromatic carbocycles. The number of carbonyl (C=O) groups excluding carboxylic acids is 1. The van der Waals surface area contributed by atoms with Crippen molar-refractivity contribution in [3.05, 3.63) is 0 Å². The molecule has 2 amide bonds. The SMILES string of the molecule is C#CCC(NC(=O)N(CCOC)C(C)C)C(=O)O. The van der Waals surface area contributed by atoms with Crippen molar-refractivity contribution < 1.29 is 19.4 Å². The first kappa shape index (κ1) is 16.3. The van der Waals surface area contributed by atoms with Crippen LogP contribution in [-0.2, 0) is 9.53 Å². The molecule has 102 valence electrons. The van der Waals surface area contributed by atoms with E-state index in [0.29, 0.717) is 13.2 Å². The number of carboxylic acids is 1. The van der Waals surface area contributed by atoms with E-state index in [1.807, 2.05) is 13.8 Å². The molecule has 0 aromatic rings. The quantitative estimate of drug-likeness (QED) is 0.651. The van der Waals surface area contributed by atoms with Gasteiger partial charge < -0.3 is 20.1 Å². The fourth-order valence-electron chi connectivity index (χ4n) is 1.33. The Bertz CT molecular complexity index is 323. The number of hydrogen-bond acceptors (Lipinski definition) is 3. The standard InChI is InChI=1S/C12H20N2O4/c1-5-6-10(11(15)16)13-12(17)14(9(2)3)7-8-18-4/h1,9-10H,6-8H2,2-4H3,(H,13,17)(H,15,16). The molecule has 0 bridgehead atoms. The third-order valence-corrected chi connectivity index (χ3v) is 2.34. The summed E-state index contributed by atoms with van der Waals surface area (Å²) in [5, 5.41) is 11.3. The lowest BCUT2D eigenvalue weighted by molar-refractivity contribution is -0.139. The van der Waals surface area contributed by atoms with Crippen molar-refractivity contribution in [1.29, 1.82) is 0 Å².